The van der Waals surface area contributed by atoms with E-state index in [-0.39, 0.29) is 0 Å². The summed E-state index contributed by atoms with van der Waals surface area (Å²) in [5.74, 6) is 3.68. The summed E-state index contributed by atoms with van der Waals surface area (Å²) in [6.07, 6.45) is 4.29. The Morgan fingerprint density at radius 1 is 1.36 bits per heavy atom. The molecule has 3 rings (SSSR count). The van der Waals surface area contributed by atoms with Gasteiger partial charge in [-0.2, -0.15) is 0 Å². The smallest absolute Gasteiger partial charge is 0.0254 e. The molecule has 2 bridgehead atoms. The predicted octanol–water partition coefficient (Wildman–Crippen LogP) is 3.30. The summed E-state index contributed by atoms with van der Waals surface area (Å²) < 4.78 is 0. The zero-order valence-electron chi connectivity index (χ0n) is 7.44. The average Bonchev–Trinajstić information content (AvgIpc) is 2.04. The van der Waals surface area contributed by atoms with Crippen LogP contribution in [-0.2, 0) is 0 Å². The van der Waals surface area contributed by atoms with E-state index in [2.05, 4.69) is 13.8 Å². The number of fused-ring (bicyclic) bond motifs is 2. The molecule has 11 heavy (non-hydrogen) atoms. The van der Waals surface area contributed by atoms with Gasteiger partial charge >= 0.3 is 0 Å². The molecule has 2 unspecified atom stereocenters. The van der Waals surface area contributed by atoms with Gasteiger partial charge in [-0.3, -0.25) is 0 Å². The fourth-order valence-corrected chi connectivity index (χ4v) is 3.52. The zero-order valence-corrected chi connectivity index (χ0v) is 8.19. The third-order valence-electron chi connectivity index (χ3n) is 4.20. The van der Waals surface area contributed by atoms with Gasteiger partial charge in [-0.25, -0.2) is 0 Å². The number of rotatable bonds is 1. The molecular weight excluding hydrogens is 156 g/mol. The minimum Gasteiger partial charge on any atom is -0.126 e. The van der Waals surface area contributed by atoms with E-state index in [1.807, 2.05) is 0 Å². The molecule has 3 fully saturated rings. The summed E-state index contributed by atoms with van der Waals surface area (Å²) in [6, 6.07) is 0. The Balaban J connectivity index is 2.10. The van der Waals surface area contributed by atoms with Crippen LogP contribution in [0.25, 0.3) is 0 Å². The first-order chi connectivity index (χ1) is 5.16. The minimum absolute atomic E-state index is 0.623. The normalized spacial score (nSPS) is 46.6. The minimum atomic E-state index is 0.623. The molecule has 0 heterocycles. The van der Waals surface area contributed by atoms with Gasteiger partial charge in [-0.05, 0) is 42.4 Å². The van der Waals surface area contributed by atoms with Crippen molar-refractivity contribution in [3.63, 3.8) is 0 Å². The Kier molecular flexibility index (Phi) is 1.72. The van der Waals surface area contributed by atoms with Crippen LogP contribution in [0.5, 0.6) is 0 Å². The van der Waals surface area contributed by atoms with Crippen molar-refractivity contribution in [3.05, 3.63) is 0 Å². The fourth-order valence-electron chi connectivity index (χ4n) is 3.15. The number of hydrogen-bond acceptors (Lipinski definition) is 0. The molecule has 0 N–H and O–H groups in total. The molecule has 0 spiro atoms. The Morgan fingerprint density at radius 3 is 2.45 bits per heavy atom. The molecule has 0 aromatic heterocycles. The zero-order chi connectivity index (χ0) is 8.06. The lowest BCUT2D eigenvalue weighted by Crippen LogP contribution is -2.52. The van der Waals surface area contributed by atoms with E-state index in [1.54, 1.807) is 0 Å². The van der Waals surface area contributed by atoms with E-state index in [4.69, 9.17) is 11.6 Å². The van der Waals surface area contributed by atoms with Crippen LogP contribution in [0.3, 0.4) is 0 Å². The van der Waals surface area contributed by atoms with E-state index >= 15 is 0 Å². The summed E-state index contributed by atoms with van der Waals surface area (Å²) >= 11 is 5.93. The van der Waals surface area contributed by atoms with Gasteiger partial charge in [0.05, 0.1) is 0 Å². The van der Waals surface area contributed by atoms with E-state index in [0.29, 0.717) is 5.41 Å². The SMILES string of the molecule is CC1(C)C2CC[C@H](CCl)C1C2. The van der Waals surface area contributed by atoms with Crippen molar-refractivity contribution in [1.82, 2.24) is 0 Å². The van der Waals surface area contributed by atoms with Crippen molar-refractivity contribution < 1.29 is 0 Å². The number of hydrogen-bond donors (Lipinski definition) is 0. The van der Waals surface area contributed by atoms with Crippen molar-refractivity contribution in [2.24, 2.45) is 23.2 Å². The molecule has 0 aromatic rings. The van der Waals surface area contributed by atoms with Gasteiger partial charge in [0.2, 0.25) is 0 Å². The molecule has 0 aliphatic heterocycles. The second-order valence-corrected chi connectivity index (χ2v) is 5.16. The number of alkyl halides is 1. The van der Waals surface area contributed by atoms with Gasteiger partial charge in [0.1, 0.15) is 0 Å². The highest BCUT2D eigenvalue weighted by molar-refractivity contribution is 6.18. The molecule has 3 saturated carbocycles. The Hall–Kier alpha value is 0.290. The summed E-state index contributed by atoms with van der Waals surface area (Å²) in [6.45, 7) is 4.84. The Morgan fingerprint density at radius 2 is 2.09 bits per heavy atom. The van der Waals surface area contributed by atoms with Crippen LogP contribution in [0.15, 0.2) is 0 Å². The predicted molar refractivity (Wildman–Crippen MR) is 48.8 cm³/mol. The lowest BCUT2D eigenvalue weighted by atomic mass is 9.46. The third-order valence-corrected chi connectivity index (χ3v) is 4.60. The first-order valence-corrected chi connectivity index (χ1v) is 5.25. The van der Waals surface area contributed by atoms with Gasteiger partial charge in [-0.1, -0.05) is 13.8 Å². The topological polar surface area (TPSA) is 0 Å². The maximum Gasteiger partial charge on any atom is 0.0254 e. The van der Waals surface area contributed by atoms with Gasteiger partial charge in [0.15, 0.2) is 0 Å². The van der Waals surface area contributed by atoms with Crippen LogP contribution in [0.2, 0.25) is 0 Å². The second-order valence-electron chi connectivity index (χ2n) is 4.85. The van der Waals surface area contributed by atoms with Crippen LogP contribution in [0, 0.1) is 23.2 Å². The molecule has 3 aliphatic rings. The van der Waals surface area contributed by atoms with Crippen LogP contribution in [0.4, 0.5) is 0 Å². The monoisotopic (exact) mass is 172 g/mol. The largest absolute Gasteiger partial charge is 0.126 e. The van der Waals surface area contributed by atoms with E-state index in [1.165, 1.54) is 19.3 Å². The van der Waals surface area contributed by atoms with Crippen molar-refractivity contribution in [2.75, 3.05) is 5.88 Å². The van der Waals surface area contributed by atoms with Gasteiger partial charge in [0, 0.05) is 5.88 Å². The lowest BCUT2D eigenvalue weighted by Gasteiger charge is -2.60. The molecular formula is C10H17Cl. The van der Waals surface area contributed by atoms with Crippen LogP contribution in [-0.4, -0.2) is 5.88 Å². The summed E-state index contributed by atoms with van der Waals surface area (Å²) in [5, 5.41) is 0. The summed E-state index contributed by atoms with van der Waals surface area (Å²) in [7, 11) is 0. The summed E-state index contributed by atoms with van der Waals surface area (Å²) in [4.78, 5) is 0. The maximum absolute atomic E-state index is 5.93. The highest BCUT2D eigenvalue weighted by Crippen LogP contribution is 2.61. The van der Waals surface area contributed by atoms with Crippen LogP contribution < -0.4 is 0 Å². The van der Waals surface area contributed by atoms with Crippen molar-refractivity contribution in [1.29, 1.82) is 0 Å². The fraction of sp³-hybridized carbons (Fsp3) is 1.00. The molecule has 0 amide bonds. The molecule has 0 nitrogen and oxygen atoms in total. The standard InChI is InChI=1S/C10H17Cl/c1-10(2)8-4-3-7(6-11)9(10)5-8/h7-9H,3-6H2,1-2H3/t7-,8?,9?/m1/s1. The van der Waals surface area contributed by atoms with Crippen molar-refractivity contribution in [2.45, 2.75) is 33.1 Å². The molecule has 0 aromatic carbocycles. The van der Waals surface area contributed by atoms with Gasteiger partial charge in [0.25, 0.3) is 0 Å². The molecule has 3 aliphatic carbocycles. The van der Waals surface area contributed by atoms with Gasteiger partial charge < -0.3 is 0 Å². The van der Waals surface area contributed by atoms with E-state index in [0.717, 1.165) is 23.6 Å². The maximum atomic E-state index is 5.93. The molecule has 0 saturated heterocycles. The molecule has 0 radical (unpaired) electrons. The highest BCUT2D eigenvalue weighted by Gasteiger charge is 2.53. The Labute approximate surface area is 74.3 Å². The van der Waals surface area contributed by atoms with E-state index < -0.39 is 0 Å². The average molecular weight is 173 g/mol. The first-order valence-electron chi connectivity index (χ1n) is 4.72. The van der Waals surface area contributed by atoms with Crippen LogP contribution in [0.1, 0.15) is 33.1 Å². The molecule has 1 heteroatoms. The third kappa shape index (κ3) is 0.950. The first kappa shape index (κ1) is 7.91. The molecule has 64 valence electrons. The lowest BCUT2D eigenvalue weighted by molar-refractivity contribution is -0.0977. The Bertz CT molecular complexity index is 160. The van der Waals surface area contributed by atoms with Crippen molar-refractivity contribution >= 4 is 11.6 Å². The molecule has 3 atom stereocenters. The van der Waals surface area contributed by atoms with Gasteiger partial charge in [-0.15, -0.1) is 11.6 Å². The summed E-state index contributed by atoms with van der Waals surface area (Å²) in [5.41, 5.74) is 0.623. The highest BCUT2D eigenvalue weighted by atomic mass is 35.5. The van der Waals surface area contributed by atoms with E-state index in [9.17, 15) is 0 Å². The quantitative estimate of drug-likeness (QED) is 0.533. The van der Waals surface area contributed by atoms with Crippen molar-refractivity contribution in [3.8, 4) is 0 Å². The number of halogens is 1. The van der Waals surface area contributed by atoms with Crippen LogP contribution >= 0.6 is 11.6 Å². The second kappa shape index (κ2) is 2.39.